The van der Waals surface area contributed by atoms with E-state index in [-0.39, 0.29) is 47.5 Å². The topological polar surface area (TPSA) is 147 Å². The normalized spacial score (nSPS) is 15.9. The van der Waals surface area contributed by atoms with Crippen molar-refractivity contribution in [2.75, 3.05) is 87.9 Å². The average molecular weight is 944 g/mol. The SMILES string of the molecule is COCCOCCOCCN(CC(C)(C)S)c1cc(COc2cc(N)c(C(=O)N3c4ccccc4CC3C)cc2OC)cc(COc2cc3c(cc2OC)C(=O)N2c4ccccc4C[C@H]2C=N3)c1. The minimum atomic E-state index is -0.365. The van der Waals surface area contributed by atoms with E-state index in [4.69, 9.17) is 56.5 Å². The number of nitrogen functional groups attached to an aromatic ring is 1. The second kappa shape index (κ2) is 21.4. The highest BCUT2D eigenvalue weighted by Crippen LogP contribution is 2.42. The molecule has 0 bridgehead atoms. The molecule has 0 aromatic heterocycles. The van der Waals surface area contributed by atoms with E-state index in [1.807, 2.05) is 72.6 Å². The maximum Gasteiger partial charge on any atom is 0.261 e. The molecule has 68 heavy (non-hydrogen) atoms. The minimum absolute atomic E-state index is 0.0294. The third-order valence-corrected chi connectivity index (χ3v) is 12.3. The summed E-state index contributed by atoms with van der Waals surface area (Å²) in [5.41, 5.74) is 14.8. The van der Waals surface area contributed by atoms with E-state index in [0.29, 0.717) is 92.4 Å². The van der Waals surface area contributed by atoms with Crippen molar-refractivity contribution < 1.29 is 42.7 Å². The Morgan fingerprint density at radius 3 is 2.07 bits per heavy atom. The summed E-state index contributed by atoms with van der Waals surface area (Å²) >= 11 is 4.93. The maximum absolute atomic E-state index is 14.1. The number of rotatable bonds is 21. The second-order valence-corrected chi connectivity index (χ2v) is 19.1. The smallest absolute Gasteiger partial charge is 0.261 e. The zero-order chi connectivity index (χ0) is 48.0. The highest BCUT2D eigenvalue weighted by Gasteiger charge is 2.37. The predicted molar refractivity (Wildman–Crippen MR) is 270 cm³/mol. The molecule has 3 heterocycles. The van der Waals surface area contributed by atoms with Gasteiger partial charge in [-0.1, -0.05) is 36.4 Å². The zero-order valence-electron chi connectivity index (χ0n) is 39.7. The molecular weight excluding hydrogens is 883 g/mol. The monoisotopic (exact) mass is 943 g/mol. The summed E-state index contributed by atoms with van der Waals surface area (Å²) in [6.45, 7) is 10.00. The third kappa shape index (κ3) is 10.9. The van der Waals surface area contributed by atoms with Crippen LogP contribution in [0.1, 0.15) is 63.7 Å². The summed E-state index contributed by atoms with van der Waals surface area (Å²) in [7, 11) is 4.75. The van der Waals surface area contributed by atoms with E-state index < -0.39 is 0 Å². The van der Waals surface area contributed by atoms with Crippen molar-refractivity contribution in [3.05, 3.63) is 124 Å². The van der Waals surface area contributed by atoms with Crippen molar-refractivity contribution in [2.24, 2.45) is 4.99 Å². The molecule has 15 heteroatoms. The quantitative estimate of drug-likeness (QED) is 0.0415. The molecule has 8 rings (SSSR count). The van der Waals surface area contributed by atoms with Crippen LogP contribution in [0.5, 0.6) is 23.0 Å². The largest absolute Gasteiger partial charge is 0.493 e. The molecule has 2 amide bonds. The standard InChI is InChI=1S/C53H61N5O9S/c1-34-21-37-11-7-9-13-45(37)57(34)51(59)41-26-47(62-5)49(28-43(41)54)66-31-35-22-36(24-39(23-35)56(33-53(2,3)68)15-16-64-19-20-65-18-17-61-4)32-67-50-29-44-42(27-48(50)63-6)52(60)58-40(30-55-44)25-38-12-8-10-14-46(38)58/h7-14,22-24,26-30,34,40,68H,15-21,25,31-33,54H2,1-6H3/t34?,40-/m0/s1. The molecule has 2 N–H and O–H groups in total. The lowest BCUT2D eigenvalue weighted by Gasteiger charge is -2.32. The molecule has 0 saturated carbocycles. The lowest BCUT2D eigenvalue weighted by Crippen LogP contribution is -2.37. The fraction of sp³-hybridized carbons (Fsp3) is 0.377. The van der Waals surface area contributed by atoms with Crippen LogP contribution in [-0.4, -0.2) is 102 Å². The highest BCUT2D eigenvalue weighted by molar-refractivity contribution is 7.81. The fourth-order valence-electron chi connectivity index (χ4n) is 9.05. The Kier molecular flexibility index (Phi) is 15.1. The number of carbonyl (C=O) groups is 2. The zero-order valence-corrected chi connectivity index (χ0v) is 40.6. The number of nitrogens with two attached hydrogens (primary N) is 1. The van der Waals surface area contributed by atoms with Crippen LogP contribution in [0.3, 0.4) is 0 Å². The van der Waals surface area contributed by atoms with Gasteiger partial charge < -0.3 is 48.7 Å². The Bertz CT molecular complexity index is 2650. The molecule has 14 nitrogen and oxygen atoms in total. The summed E-state index contributed by atoms with van der Waals surface area (Å²) in [6.07, 6.45) is 3.29. The van der Waals surface area contributed by atoms with Crippen LogP contribution in [0, 0.1) is 0 Å². The van der Waals surface area contributed by atoms with Crippen molar-refractivity contribution in [3.8, 4) is 23.0 Å². The van der Waals surface area contributed by atoms with Gasteiger partial charge in [-0.05, 0) is 91.9 Å². The molecule has 2 atom stereocenters. The van der Waals surface area contributed by atoms with Crippen molar-refractivity contribution in [2.45, 2.75) is 63.7 Å². The van der Waals surface area contributed by atoms with Crippen molar-refractivity contribution in [1.29, 1.82) is 0 Å². The van der Waals surface area contributed by atoms with Crippen molar-refractivity contribution in [3.63, 3.8) is 0 Å². The Morgan fingerprint density at radius 2 is 1.40 bits per heavy atom. The first-order valence-corrected chi connectivity index (χ1v) is 23.4. The van der Waals surface area contributed by atoms with Gasteiger partial charge in [-0.25, -0.2) is 0 Å². The molecule has 3 aliphatic rings. The maximum atomic E-state index is 14.1. The summed E-state index contributed by atoms with van der Waals surface area (Å²) in [5, 5.41) is 0. The van der Waals surface area contributed by atoms with E-state index in [1.165, 1.54) is 0 Å². The van der Waals surface area contributed by atoms with Crippen molar-refractivity contribution >= 4 is 59.1 Å². The number of ether oxygens (including phenoxy) is 7. The fourth-order valence-corrected chi connectivity index (χ4v) is 9.22. The van der Waals surface area contributed by atoms with Gasteiger partial charge in [0.15, 0.2) is 23.0 Å². The summed E-state index contributed by atoms with van der Waals surface area (Å²) in [4.78, 5) is 38.8. The number of anilines is 4. The molecule has 0 fully saturated rings. The van der Waals surface area contributed by atoms with Gasteiger partial charge in [0.05, 0.1) is 70.1 Å². The molecule has 0 saturated heterocycles. The average Bonchev–Trinajstić information content (AvgIpc) is 3.84. The molecule has 358 valence electrons. The van der Waals surface area contributed by atoms with Gasteiger partial charge in [0.25, 0.3) is 11.8 Å². The second-order valence-electron chi connectivity index (χ2n) is 17.9. The van der Waals surface area contributed by atoms with Crippen LogP contribution in [0.25, 0.3) is 0 Å². The van der Waals surface area contributed by atoms with Crippen molar-refractivity contribution in [1.82, 2.24) is 0 Å². The van der Waals surface area contributed by atoms with E-state index in [1.54, 1.807) is 50.5 Å². The Balaban J connectivity index is 1.06. The molecule has 0 aliphatic carbocycles. The van der Waals surface area contributed by atoms with Gasteiger partial charge in [-0.15, -0.1) is 0 Å². The molecule has 5 aromatic carbocycles. The number of fused-ring (bicyclic) bond motifs is 5. The predicted octanol–water partition coefficient (Wildman–Crippen LogP) is 8.52. The van der Waals surface area contributed by atoms with Gasteiger partial charge in [0.1, 0.15) is 13.2 Å². The van der Waals surface area contributed by atoms with E-state index in [0.717, 1.165) is 45.7 Å². The number of carbonyl (C=O) groups excluding carboxylic acids is 2. The Labute approximate surface area is 404 Å². The lowest BCUT2D eigenvalue weighted by molar-refractivity contribution is 0.0264. The van der Waals surface area contributed by atoms with Crippen LogP contribution >= 0.6 is 12.6 Å². The molecule has 0 spiro atoms. The van der Waals surface area contributed by atoms with Gasteiger partial charge in [-0.2, -0.15) is 12.6 Å². The number of nitrogens with zero attached hydrogens (tertiary/aromatic N) is 4. The molecule has 3 aliphatic heterocycles. The number of hydrogen-bond donors (Lipinski definition) is 2. The van der Waals surface area contributed by atoms with E-state index >= 15 is 0 Å². The number of amides is 2. The van der Waals surface area contributed by atoms with Gasteiger partial charge in [0.2, 0.25) is 0 Å². The first kappa shape index (κ1) is 48.2. The number of para-hydroxylation sites is 2. The molecule has 1 unspecified atom stereocenters. The Hall–Kier alpha value is -6.26. The van der Waals surface area contributed by atoms with Gasteiger partial charge >= 0.3 is 0 Å². The minimum Gasteiger partial charge on any atom is -0.493 e. The van der Waals surface area contributed by atoms with Gasteiger partial charge in [-0.3, -0.25) is 19.5 Å². The van der Waals surface area contributed by atoms with E-state index in [9.17, 15) is 9.59 Å². The first-order chi connectivity index (χ1) is 32.8. The number of hydrogen-bond acceptors (Lipinski definition) is 13. The van der Waals surface area contributed by atoms with Crippen LogP contribution < -0.4 is 39.4 Å². The van der Waals surface area contributed by atoms with Gasteiger partial charge in [0, 0.05) is 78.5 Å². The molecular formula is C53H61N5O9S. The van der Waals surface area contributed by atoms with Crippen LogP contribution in [0.4, 0.5) is 28.4 Å². The number of methoxy groups -OCH3 is 3. The summed E-state index contributed by atoms with van der Waals surface area (Å²) in [6, 6.07) is 28.6. The first-order valence-electron chi connectivity index (χ1n) is 22.9. The number of benzene rings is 5. The summed E-state index contributed by atoms with van der Waals surface area (Å²) < 4.78 is 41.0. The Morgan fingerprint density at radius 1 is 0.779 bits per heavy atom. The highest BCUT2D eigenvalue weighted by atomic mass is 32.1. The summed E-state index contributed by atoms with van der Waals surface area (Å²) in [5.74, 6) is 1.28. The third-order valence-electron chi connectivity index (χ3n) is 12.2. The van der Waals surface area contributed by atoms with Crippen LogP contribution in [0.15, 0.2) is 96.0 Å². The number of thiol groups is 1. The lowest BCUT2D eigenvalue weighted by atomic mass is 10.1. The molecule has 0 radical (unpaired) electrons. The van der Waals surface area contributed by atoms with Crippen LogP contribution in [-0.2, 0) is 40.3 Å². The molecule has 5 aromatic rings. The number of aliphatic imine (C=N–C) groups is 1. The van der Waals surface area contributed by atoms with E-state index in [2.05, 4.69) is 30.9 Å². The van der Waals surface area contributed by atoms with Crippen LogP contribution in [0.2, 0.25) is 0 Å².